The van der Waals surface area contributed by atoms with E-state index in [1.54, 1.807) is 54.6 Å². The zero-order valence-electron chi connectivity index (χ0n) is 19.7. The number of para-hydroxylation sites is 1. The Morgan fingerprint density at radius 1 is 0.833 bits per heavy atom. The van der Waals surface area contributed by atoms with Crippen LogP contribution in [0.3, 0.4) is 0 Å². The summed E-state index contributed by atoms with van der Waals surface area (Å²) in [6, 6.07) is 32.1. The van der Waals surface area contributed by atoms with Gasteiger partial charge in [0.2, 0.25) is 0 Å². The number of carbonyl (C=O) groups is 1. The summed E-state index contributed by atoms with van der Waals surface area (Å²) in [4.78, 5) is 13.7. The summed E-state index contributed by atoms with van der Waals surface area (Å²) in [5, 5.41) is 6.29. The molecule has 0 fully saturated rings. The molecule has 0 unspecified atom stereocenters. The zero-order chi connectivity index (χ0) is 25.1. The van der Waals surface area contributed by atoms with E-state index in [0.717, 1.165) is 11.1 Å². The monoisotopic (exact) mass is 495 g/mol. The molecular formula is C29H25N3O3S. The summed E-state index contributed by atoms with van der Waals surface area (Å²) in [7, 11) is -3.80. The van der Waals surface area contributed by atoms with Crippen molar-refractivity contribution in [3.63, 3.8) is 0 Å². The fraction of sp³-hybridized carbons (Fsp3) is 0.103. The lowest BCUT2D eigenvalue weighted by molar-refractivity contribution is 0.0711. The minimum absolute atomic E-state index is 0.173. The second-order valence-electron chi connectivity index (χ2n) is 8.60. The van der Waals surface area contributed by atoms with E-state index in [-0.39, 0.29) is 16.8 Å². The van der Waals surface area contributed by atoms with Gasteiger partial charge < -0.3 is 0 Å². The molecule has 1 amide bonds. The van der Waals surface area contributed by atoms with Crippen molar-refractivity contribution in [2.75, 3.05) is 4.72 Å². The number of benzene rings is 4. The van der Waals surface area contributed by atoms with E-state index >= 15 is 0 Å². The van der Waals surface area contributed by atoms with Gasteiger partial charge in [0, 0.05) is 17.5 Å². The van der Waals surface area contributed by atoms with Crippen molar-refractivity contribution in [2.45, 2.75) is 24.3 Å². The highest BCUT2D eigenvalue weighted by molar-refractivity contribution is 7.92. The number of sulfonamides is 1. The summed E-state index contributed by atoms with van der Waals surface area (Å²) >= 11 is 0. The van der Waals surface area contributed by atoms with E-state index < -0.39 is 10.0 Å². The van der Waals surface area contributed by atoms with E-state index in [4.69, 9.17) is 5.10 Å². The van der Waals surface area contributed by atoms with Crippen LogP contribution in [-0.2, 0) is 10.0 Å². The number of nitrogens with one attached hydrogen (secondary N) is 1. The van der Waals surface area contributed by atoms with Gasteiger partial charge in [0.05, 0.1) is 22.3 Å². The van der Waals surface area contributed by atoms with Crippen LogP contribution in [0.5, 0.6) is 0 Å². The number of aryl methyl sites for hydroxylation is 1. The molecule has 4 aromatic carbocycles. The van der Waals surface area contributed by atoms with Crippen LogP contribution in [0.15, 0.2) is 119 Å². The molecule has 1 aliphatic heterocycles. The smallest absolute Gasteiger partial charge is 0.274 e. The molecule has 0 bridgehead atoms. The molecule has 7 heteroatoms. The van der Waals surface area contributed by atoms with Gasteiger partial charge in [-0.25, -0.2) is 13.4 Å². The quantitative estimate of drug-likeness (QED) is 0.368. The highest BCUT2D eigenvalue weighted by Gasteiger charge is 2.35. The minimum atomic E-state index is -3.80. The van der Waals surface area contributed by atoms with Crippen molar-refractivity contribution < 1.29 is 13.2 Å². The molecular weight excluding hydrogens is 470 g/mol. The third-order valence-electron chi connectivity index (χ3n) is 6.22. The largest absolute Gasteiger partial charge is 0.279 e. The first-order valence-corrected chi connectivity index (χ1v) is 13.1. The van der Waals surface area contributed by atoms with Crippen LogP contribution in [-0.4, -0.2) is 25.0 Å². The van der Waals surface area contributed by atoms with Gasteiger partial charge >= 0.3 is 0 Å². The van der Waals surface area contributed by atoms with E-state index in [9.17, 15) is 13.2 Å². The fourth-order valence-electron chi connectivity index (χ4n) is 4.40. The van der Waals surface area contributed by atoms with E-state index in [2.05, 4.69) is 4.72 Å². The maximum atomic E-state index is 13.5. The maximum Gasteiger partial charge on any atom is 0.274 e. The maximum absolute atomic E-state index is 13.5. The molecule has 0 aliphatic carbocycles. The van der Waals surface area contributed by atoms with Crippen LogP contribution < -0.4 is 4.72 Å². The molecule has 180 valence electrons. The van der Waals surface area contributed by atoms with Crippen LogP contribution in [0.1, 0.15) is 39.5 Å². The molecule has 0 radical (unpaired) electrons. The van der Waals surface area contributed by atoms with Crippen LogP contribution in [0.4, 0.5) is 5.69 Å². The molecule has 6 nitrogen and oxygen atoms in total. The van der Waals surface area contributed by atoms with Crippen molar-refractivity contribution in [3.8, 4) is 0 Å². The Bertz CT molecular complexity index is 1530. The molecule has 0 aromatic heterocycles. The molecule has 1 N–H and O–H groups in total. The van der Waals surface area contributed by atoms with Crippen LogP contribution in [0, 0.1) is 6.92 Å². The number of hydrazone groups is 1. The molecule has 0 saturated carbocycles. The van der Waals surface area contributed by atoms with Gasteiger partial charge in [-0.3, -0.25) is 9.52 Å². The van der Waals surface area contributed by atoms with Crippen molar-refractivity contribution >= 4 is 27.3 Å². The average Bonchev–Trinajstić information content (AvgIpc) is 3.34. The third-order valence-corrected chi connectivity index (χ3v) is 7.60. The number of anilines is 1. The molecule has 36 heavy (non-hydrogen) atoms. The first-order valence-electron chi connectivity index (χ1n) is 11.6. The van der Waals surface area contributed by atoms with Crippen molar-refractivity contribution in [1.82, 2.24) is 5.01 Å². The molecule has 5 rings (SSSR count). The van der Waals surface area contributed by atoms with E-state index in [0.29, 0.717) is 28.9 Å². The highest BCUT2D eigenvalue weighted by Crippen LogP contribution is 2.37. The van der Waals surface area contributed by atoms with E-state index in [1.807, 2.05) is 61.5 Å². The van der Waals surface area contributed by atoms with Gasteiger partial charge in [0.15, 0.2) is 0 Å². The number of carbonyl (C=O) groups excluding carboxylic acids is 1. The summed E-state index contributed by atoms with van der Waals surface area (Å²) < 4.78 is 28.8. The number of rotatable bonds is 6. The van der Waals surface area contributed by atoms with Crippen LogP contribution in [0.2, 0.25) is 0 Å². The second kappa shape index (κ2) is 9.79. The van der Waals surface area contributed by atoms with Gasteiger partial charge in [-0.2, -0.15) is 5.10 Å². The van der Waals surface area contributed by atoms with Gasteiger partial charge in [0.25, 0.3) is 15.9 Å². The Hall–Kier alpha value is -4.23. The highest BCUT2D eigenvalue weighted by atomic mass is 32.2. The summed E-state index contributed by atoms with van der Waals surface area (Å²) in [6.07, 6.45) is 0.452. The molecule has 0 saturated heterocycles. The third kappa shape index (κ3) is 4.65. The van der Waals surface area contributed by atoms with Gasteiger partial charge in [0.1, 0.15) is 0 Å². The lowest BCUT2D eigenvalue weighted by Crippen LogP contribution is -2.27. The van der Waals surface area contributed by atoms with Crippen LogP contribution in [0.25, 0.3) is 0 Å². The number of hydrogen-bond donors (Lipinski definition) is 1. The second-order valence-corrected chi connectivity index (χ2v) is 10.3. The predicted molar refractivity (Wildman–Crippen MR) is 141 cm³/mol. The van der Waals surface area contributed by atoms with Crippen LogP contribution >= 0.6 is 0 Å². The molecule has 4 aromatic rings. The topological polar surface area (TPSA) is 78.8 Å². The Balaban J connectivity index is 1.55. The summed E-state index contributed by atoms with van der Waals surface area (Å²) in [5.41, 5.74) is 4.29. The lowest BCUT2D eigenvalue weighted by Gasteiger charge is -2.23. The summed E-state index contributed by atoms with van der Waals surface area (Å²) in [6.45, 7) is 2.01. The van der Waals surface area contributed by atoms with E-state index in [1.165, 1.54) is 5.01 Å². The Morgan fingerprint density at radius 2 is 1.44 bits per heavy atom. The Labute approximate surface area is 211 Å². The molecule has 1 heterocycles. The average molecular weight is 496 g/mol. The number of hydrogen-bond acceptors (Lipinski definition) is 4. The van der Waals surface area contributed by atoms with Crippen molar-refractivity contribution in [1.29, 1.82) is 0 Å². The zero-order valence-corrected chi connectivity index (χ0v) is 20.5. The van der Waals surface area contributed by atoms with Crippen molar-refractivity contribution in [3.05, 3.63) is 131 Å². The number of nitrogens with zero attached hydrogens (tertiary/aromatic N) is 2. The molecule has 0 spiro atoms. The number of amides is 1. The normalized spacial score (nSPS) is 15.4. The molecule has 1 atom stereocenters. The minimum Gasteiger partial charge on any atom is -0.279 e. The predicted octanol–water partition coefficient (Wildman–Crippen LogP) is 5.79. The van der Waals surface area contributed by atoms with Crippen molar-refractivity contribution in [2.24, 2.45) is 5.10 Å². The van der Waals surface area contributed by atoms with Gasteiger partial charge in [-0.1, -0.05) is 78.9 Å². The van der Waals surface area contributed by atoms with Gasteiger partial charge in [-0.15, -0.1) is 0 Å². The standard InChI is InChI=1S/C29H25N3O3S/c1-21-12-8-9-17-24(21)28-20-27(30-32(28)29(33)22-13-4-2-5-14-22)25-18-10-11-19-26(25)31-36(34,35)23-15-6-3-7-16-23/h2-19,28,31H,20H2,1H3/t28-/m0/s1. The Kier molecular flexibility index (Phi) is 6.40. The first kappa shape index (κ1) is 23.5. The fourth-order valence-corrected chi connectivity index (χ4v) is 5.50. The molecule has 1 aliphatic rings. The lowest BCUT2D eigenvalue weighted by atomic mass is 9.94. The van der Waals surface area contributed by atoms with Gasteiger partial charge in [-0.05, 0) is 48.4 Å². The first-order chi connectivity index (χ1) is 17.4. The summed E-state index contributed by atoms with van der Waals surface area (Å²) in [5.74, 6) is -0.207. The SMILES string of the molecule is Cc1ccccc1[C@@H]1CC(c2ccccc2NS(=O)(=O)c2ccccc2)=NN1C(=O)c1ccccc1. The Morgan fingerprint density at radius 3 is 2.17 bits per heavy atom.